The zero-order valence-corrected chi connectivity index (χ0v) is 16.5. The van der Waals surface area contributed by atoms with Crippen LogP contribution in [-0.4, -0.2) is 49.1 Å². The van der Waals surface area contributed by atoms with E-state index in [0.29, 0.717) is 12.5 Å². The average molecular weight is 373 g/mol. The maximum absolute atomic E-state index is 12.3. The van der Waals surface area contributed by atoms with E-state index in [1.54, 1.807) is 11.3 Å². The summed E-state index contributed by atoms with van der Waals surface area (Å²) in [6.07, 6.45) is 3.07. The van der Waals surface area contributed by atoms with Gasteiger partial charge < -0.3 is 15.1 Å². The minimum atomic E-state index is 0.0317. The number of aromatic nitrogens is 1. The summed E-state index contributed by atoms with van der Waals surface area (Å²) < 4.78 is 0. The molecule has 0 aliphatic carbocycles. The molecule has 0 spiro atoms. The molecule has 1 saturated heterocycles. The predicted molar refractivity (Wildman–Crippen MR) is 108 cm³/mol. The highest BCUT2D eigenvalue weighted by molar-refractivity contribution is 7.09. The quantitative estimate of drug-likeness (QED) is 0.756. The maximum atomic E-state index is 12.3. The van der Waals surface area contributed by atoms with E-state index < -0.39 is 0 Å². The van der Waals surface area contributed by atoms with Crippen LogP contribution in [0.15, 0.2) is 35.8 Å². The molecule has 26 heavy (non-hydrogen) atoms. The molecule has 1 N–H and O–H groups in total. The first-order chi connectivity index (χ1) is 12.6. The van der Waals surface area contributed by atoms with Gasteiger partial charge in [0.2, 0.25) is 0 Å². The van der Waals surface area contributed by atoms with Crippen molar-refractivity contribution in [1.29, 1.82) is 0 Å². The van der Waals surface area contributed by atoms with Crippen LogP contribution in [0.1, 0.15) is 23.4 Å². The standard InChI is InChI=1S/C20H28N4OS/c1-16-19(26-15-22-16)9-6-11-21-20(25)23(2)13-17-10-12-24(14-17)18-7-4-3-5-8-18/h3-5,7-8,15,17H,6,9-14H2,1-2H3,(H,21,25). The zero-order valence-electron chi connectivity index (χ0n) is 15.6. The third-order valence-electron chi connectivity index (χ3n) is 4.99. The lowest BCUT2D eigenvalue weighted by atomic mass is 10.1. The van der Waals surface area contributed by atoms with E-state index in [4.69, 9.17) is 0 Å². The molecule has 1 atom stereocenters. The highest BCUT2D eigenvalue weighted by atomic mass is 32.1. The van der Waals surface area contributed by atoms with Gasteiger partial charge in [-0.05, 0) is 44.2 Å². The van der Waals surface area contributed by atoms with Crippen molar-refractivity contribution in [3.63, 3.8) is 0 Å². The van der Waals surface area contributed by atoms with Crippen molar-refractivity contribution >= 4 is 23.1 Å². The molecule has 0 saturated carbocycles. The van der Waals surface area contributed by atoms with Crippen molar-refractivity contribution in [1.82, 2.24) is 15.2 Å². The third kappa shape index (κ3) is 4.97. The van der Waals surface area contributed by atoms with Crippen LogP contribution in [0.25, 0.3) is 0 Å². The van der Waals surface area contributed by atoms with Gasteiger partial charge in [0.05, 0.1) is 11.2 Å². The molecule has 1 aromatic carbocycles. The van der Waals surface area contributed by atoms with Crippen LogP contribution in [0, 0.1) is 12.8 Å². The number of anilines is 1. The normalized spacial score (nSPS) is 16.7. The average Bonchev–Trinajstić information content (AvgIpc) is 3.28. The summed E-state index contributed by atoms with van der Waals surface area (Å²) in [5.74, 6) is 0.533. The molecule has 140 valence electrons. The van der Waals surface area contributed by atoms with Crippen LogP contribution >= 0.6 is 11.3 Å². The summed E-state index contributed by atoms with van der Waals surface area (Å²) in [7, 11) is 1.90. The second-order valence-electron chi connectivity index (χ2n) is 7.01. The van der Waals surface area contributed by atoms with Crippen molar-refractivity contribution < 1.29 is 4.79 Å². The fourth-order valence-electron chi connectivity index (χ4n) is 3.47. The van der Waals surface area contributed by atoms with Crippen LogP contribution in [0.2, 0.25) is 0 Å². The van der Waals surface area contributed by atoms with Crippen molar-refractivity contribution in [3.8, 4) is 0 Å². The number of hydrogen-bond donors (Lipinski definition) is 1. The molecule has 5 nitrogen and oxygen atoms in total. The van der Waals surface area contributed by atoms with Gasteiger partial charge in [-0.15, -0.1) is 11.3 Å². The summed E-state index contributed by atoms with van der Waals surface area (Å²) >= 11 is 1.70. The van der Waals surface area contributed by atoms with Crippen molar-refractivity contribution in [2.24, 2.45) is 5.92 Å². The van der Waals surface area contributed by atoms with E-state index in [9.17, 15) is 4.79 Å². The Morgan fingerprint density at radius 2 is 2.19 bits per heavy atom. The van der Waals surface area contributed by atoms with Gasteiger partial charge in [-0.3, -0.25) is 0 Å². The highest BCUT2D eigenvalue weighted by Gasteiger charge is 2.24. The Labute approximate surface area is 160 Å². The number of urea groups is 1. The molecule has 3 rings (SSSR count). The van der Waals surface area contributed by atoms with Crippen LogP contribution in [0.3, 0.4) is 0 Å². The minimum Gasteiger partial charge on any atom is -0.371 e. The molecule has 0 bridgehead atoms. The Morgan fingerprint density at radius 1 is 1.38 bits per heavy atom. The summed E-state index contributed by atoms with van der Waals surface area (Å²) in [6.45, 7) is 5.65. The second kappa shape index (κ2) is 9.03. The van der Waals surface area contributed by atoms with Crippen LogP contribution < -0.4 is 10.2 Å². The van der Waals surface area contributed by atoms with Gasteiger partial charge in [0.15, 0.2) is 0 Å². The number of amides is 2. The molecule has 1 fully saturated rings. The number of para-hydroxylation sites is 1. The second-order valence-corrected chi connectivity index (χ2v) is 7.95. The van der Waals surface area contributed by atoms with Crippen molar-refractivity contribution in [2.75, 3.05) is 38.1 Å². The Morgan fingerprint density at radius 3 is 2.92 bits per heavy atom. The van der Waals surface area contributed by atoms with E-state index in [1.165, 1.54) is 10.6 Å². The monoisotopic (exact) mass is 372 g/mol. The first-order valence-electron chi connectivity index (χ1n) is 9.31. The molecule has 1 unspecified atom stereocenters. The number of carbonyl (C=O) groups is 1. The van der Waals surface area contributed by atoms with Crippen LogP contribution in [0.4, 0.5) is 10.5 Å². The number of nitrogens with one attached hydrogen (secondary N) is 1. The van der Waals surface area contributed by atoms with Crippen molar-refractivity contribution in [3.05, 3.63) is 46.4 Å². The Bertz CT molecular complexity index is 703. The van der Waals surface area contributed by atoms with Gasteiger partial charge in [-0.1, -0.05) is 18.2 Å². The largest absolute Gasteiger partial charge is 0.371 e. The SMILES string of the molecule is Cc1ncsc1CCCNC(=O)N(C)CC1CCN(c2ccccc2)C1. The van der Waals surface area contributed by atoms with E-state index in [1.807, 2.05) is 30.4 Å². The van der Waals surface area contributed by atoms with E-state index in [0.717, 1.165) is 44.6 Å². The number of hydrogen-bond acceptors (Lipinski definition) is 4. The van der Waals surface area contributed by atoms with Gasteiger partial charge in [0.1, 0.15) is 0 Å². The summed E-state index contributed by atoms with van der Waals surface area (Å²) in [6, 6.07) is 10.6. The van der Waals surface area contributed by atoms with Gasteiger partial charge >= 0.3 is 6.03 Å². The predicted octanol–water partition coefficient (Wildman–Crippen LogP) is 3.55. The highest BCUT2D eigenvalue weighted by Crippen LogP contribution is 2.23. The zero-order chi connectivity index (χ0) is 18.4. The minimum absolute atomic E-state index is 0.0317. The molecular formula is C20H28N4OS. The Kier molecular flexibility index (Phi) is 6.50. The van der Waals surface area contributed by atoms with Gasteiger partial charge in [0.25, 0.3) is 0 Å². The number of nitrogens with zero attached hydrogens (tertiary/aromatic N) is 3. The van der Waals surface area contributed by atoms with E-state index >= 15 is 0 Å². The number of thiazole rings is 1. The topological polar surface area (TPSA) is 48.5 Å². The van der Waals surface area contributed by atoms with Crippen molar-refractivity contribution in [2.45, 2.75) is 26.2 Å². The summed E-state index contributed by atoms with van der Waals surface area (Å²) in [4.78, 5) is 22.1. The molecule has 6 heteroatoms. The van der Waals surface area contributed by atoms with E-state index in [2.05, 4.69) is 39.5 Å². The van der Waals surface area contributed by atoms with Gasteiger partial charge in [0, 0.05) is 43.8 Å². The number of carbonyl (C=O) groups excluding carboxylic acids is 1. The molecule has 1 aliphatic heterocycles. The molecule has 2 aromatic rings. The fourth-order valence-corrected chi connectivity index (χ4v) is 4.29. The number of rotatable bonds is 7. The molecule has 2 heterocycles. The summed E-state index contributed by atoms with van der Waals surface area (Å²) in [5, 5.41) is 3.04. The lowest BCUT2D eigenvalue weighted by Gasteiger charge is -2.23. The molecule has 0 radical (unpaired) electrons. The number of benzene rings is 1. The smallest absolute Gasteiger partial charge is 0.317 e. The first kappa shape index (κ1) is 18.7. The van der Waals surface area contributed by atoms with E-state index in [-0.39, 0.29) is 6.03 Å². The fraction of sp³-hybridized carbons (Fsp3) is 0.500. The van der Waals surface area contributed by atoms with Gasteiger partial charge in [-0.25, -0.2) is 9.78 Å². The Hall–Kier alpha value is -2.08. The van der Waals surface area contributed by atoms with Gasteiger partial charge in [-0.2, -0.15) is 0 Å². The third-order valence-corrected chi connectivity index (χ3v) is 5.98. The number of aryl methyl sites for hydroxylation is 2. The molecule has 1 aromatic heterocycles. The Balaban J connectivity index is 1.36. The summed E-state index contributed by atoms with van der Waals surface area (Å²) in [5.41, 5.74) is 4.28. The van der Waals surface area contributed by atoms with Crippen LogP contribution in [-0.2, 0) is 6.42 Å². The lowest BCUT2D eigenvalue weighted by molar-refractivity contribution is 0.202. The molecular weight excluding hydrogens is 344 g/mol. The van der Waals surface area contributed by atoms with Crippen LogP contribution in [0.5, 0.6) is 0 Å². The molecule has 2 amide bonds. The maximum Gasteiger partial charge on any atom is 0.317 e. The molecule has 1 aliphatic rings. The first-order valence-corrected chi connectivity index (χ1v) is 10.2. The lowest BCUT2D eigenvalue weighted by Crippen LogP contribution is -2.40.